The fourth-order valence-electron chi connectivity index (χ4n) is 4.52. The van der Waals surface area contributed by atoms with E-state index < -0.39 is 0 Å². The summed E-state index contributed by atoms with van der Waals surface area (Å²) >= 11 is 0. The molecule has 2 aromatic rings. The number of carbonyl (C=O) groups excluding carboxylic acids is 1. The Hall–Kier alpha value is -2.51. The monoisotopic (exact) mass is 423 g/mol. The van der Waals surface area contributed by atoms with Gasteiger partial charge in [0.2, 0.25) is 0 Å². The van der Waals surface area contributed by atoms with Crippen LogP contribution in [0.5, 0.6) is 0 Å². The maximum atomic E-state index is 13.1. The first-order valence-corrected chi connectivity index (χ1v) is 11.3. The summed E-state index contributed by atoms with van der Waals surface area (Å²) in [4.78, 5) is 27.2. The van der Waals surface area contributed by atoms with E-state index in [2.05, 4.69) is 17.3 Å². The summed E-state index contributed by atoms with van der Waals surface area (Å²) in [5.74, 6) is 2.23. The van der Waals surface area contributed by atoms with E-state index in [-0.39, 0.29) is 5.91 Å². The highest BCUT2D eigenvalue weighted by Gasteiger charge is 2.28. The lowest BCUT2D eigenvalue weighted by molar-refractivity contribution is 0.0733. The Morgan fingerprint density at radius 2 is 2.03 bits per heavy atom. The molecule has 1 saturated heterocycles. The normalized spacial score (nSPS) is 19.2. The number of amides is 1. The SMILES string of the molecule is CCOCc1ccc(C(=O)N2CCc3nc(C4CCCN(C)C4)nc(NC)c3C2)cc1. The molecule has 1 N–H and O–H groups in total. The van der Waals surface area contributed by atoms with Gasteiger partial charge in [-0.15, -0.1) is 0 Å². The zero-order chi connectivity index (χ0) is 21.8. The third-order valence-electron chi connectivity index (χ3n) is 6.26. The van der Waals surface area contributed by atoms with E-state index in [1.54, 1.807) is 0 Å². The summed E-state index contributed by atoms with van der Waals surface area (Å²) in [6, 6.07) is 7.72. The van der Waals surface area contributed by atoms with Crippen molar-refractivity contribution in [1.29, 1.82) is 0 Å². The molecular formula is C24H33N5O2. The van der Waals surface area contributed by atoms with Crippen LogP contribution in [-0.4, -0.2) is 66.0 Å². The van der Waals surface area contributed by atoms with E-state index in [4.69, 9.17) is 14.7 Å². The van der Waals surface area contributed by atoms with Crippen LogP contribution in [0.15, 0.2) is 24.3 Å². The molecule has 1 atom stereocenters. The summed E-state index contributed by atoms with van der Waals surface area (Å²) in [5.41, 5.74) is 3.91. The molecule has 166 valence electrons. The van der Waals surface area contributed by atoms with Crippen LogP contribution in [0, 0.1) is 0 Å². The van der Waals surface area contributed by atoms with Crippen LogP contribution in [0.25, 0.3) is 0 Å². The first-order chi connectivity index (χ1) is 15.1. The van der Waals surface area contributed by atoms with Crippen LogP contribution in [-0.2, 0) is 24.3 Å². The van der Waals surface area contributed by atoms with Crippen LogP contribution in [0.4, 0.5) is 5.82 Å². The highest BCUT2D eigenvalue weighted by molar-refractivity contribution is 5.94. The van der Waals surface area contributed by atoms with E-state index in [0.717, 1.165) is 54.4 Å². The fraction of sp³-hybridized carbons (Fsp3) is 0.542. The third-order valence-corrected chi connectivity index (χ3v) is 6.26. The molecule has 1 fully saturated rings. The van der Waals surface area contributed by atoms with Gasteiger partial charge in [-0.3, -0.25) is 4.79 Å². The summed E-state index contributed by atoms with van der Waals surface area (Å²) in [6.07, 6.45) is 3.08. The van der Waals surface area contributed by atoms with Crippen molar-refractivity contribution < 1.29 is 9.53 Å². The highest BCUT2D eigenvalue weighted by atomic mass is 16.5. The molecule has 0 aliphatic carbocycles. The van der Waals surface area contributed by atoms with Gasteiger partial charge in [0.1, 0.15) is 11.6 Å². The van der Waals surface area contributed by atoms with E-state index in [1.807, 2.05) is 43.1 Å². The van der Waals surface area contributed by atoms with Gasteiger partial charge in [-0.2, -0.15) is 0 Å². The van der Waals surface area contributed by atoms with Gasteiger partial charge in [0, 0.05) is 50.2 Å². The number of benzene rings is 1. The van der Waals surface area contributed by atoms with Crippen LogP contribution < -0.4 is 5.32 Å². The predicted octanol–water partition coefficient (Wildman–Crippen LogP) is 3.06. The molecule has 0 spiro atoms. The lowest BCUT2D eigenvalue weighted by Gasteiger charge is -2.32. The summed E-state index contributed by atoms with van der Waals surface area (Å²) in [6.45, 7) is 6.60. The van der Waals surface area contributed by atoms with Crippen molar-refractivity contribution in [2.45, 2.75) is 45.3 Å². The van der Waals surface area contributed by atoms with Crippen molar-refractivity contribution in [2.24, 2.45) is 0 Å². The first kappa shape index (κ1) is 21.7. The molecule has 31 heavy (non-hydrogen) atoms. The number of nitrogens with one attached hydrogen (secondary N) is 1. The molecule has 2 aliphatic heterocycles. The number of piperidine rings is 1. The largest absolute Gasteiger partial charge is 0.377 e. The number of anilines is 1. The van der Waals surface area contributed by atoms with Crippen LogP contribution in [0.2, 0.25) is 0 Å². The number of likely N-dealkylation sites (tertiary alicyclic amines) is 1. The lowest BCUT2D eigenvalue weighted by atomic mass is 9.96. The van der Waals surface area contributed by atoms with Gasteiger partial charge in [0.15, 0.2) is 0 Å². The average molecular weight is 424 g/mol. The van der Waals surface area contributed by atoms with E-state index in [1.165, 1.54) is 6.42 Å². The Kier molecular flexibility index (Phi) is 6.83. The number of aromatic nitrogens is 2. The second-order valence-electron chi connectivity index (χ2n) is 8.52. The Morgan fingerprint density at radius 1 is 1.23 bits per heavy atom. The zero-order valence-corrected chi connectivity index (χ0v) is 18.9. The standard InChI is InChI=1S/C24H33N5O2/c1-4-31-16-17-7-9-18(10-8-17)24(30)29-13-11-21-20(15-29)23(25-2)27-22(26-21)19-6-5-12-28(3)14-19/h7-10,19H,4-6,11-16H2,1-3H3,(H,25,26,27). The highest BCUT2D eigenvalue weighted by Crippen LogP contribution is 2.30. The van der Waals surface area contributed by atoms with Crippen molar-refractivity contribution in [3.63, 3.8) is 0 Å². The van der Waals surface area contributed by atoms with Crippen LogP contribution >= 0.6 is 0 Å². The molecule has 1 aromatic carbocycles. The van der Waals surface area contributed by atoms with Crippen molar-refractivity contribution >= 4 is 11.7 Å². The predicted molar refractivity (Wildman–Crippen MR) is 121 cm³/mol. The second kappa shape index (κ2) is 9.75. The minimum Gasteiger partial charge on any atom is -0.377 e. The summed E-state index contributed by atoms with van der Waals surface area (Å²) in [5, 5.41) is 3.26. The maximum Gasteiger partial charge on any atom is 0.254 e. The smallest absolute Gasteiger partial charge is 0.254 e. The van der Waals surface area contributed by atoms with E-state index in [9.17, 15) is 4.79 Å². The number of likely N-dealkylation sites (N-methyl/N-ethyl adjacent to an activating group) is 1. The quantitative estimate of drug-likeness (QED) is 0.770. The molecule has 7 heteroatoms. The van der Waals surface area contributed by atoms with Crippen molar-refractivity contribution in [3.05, 3.63) is 52.5 Å². The molecule has 7 nitrogen and oxygen atoms in total. The van der Waals surface area contributed by atoms with Gasteiger partial charge >= 0.3 is 0 Å². The minimum atomic E-state index is 0.0497. The molecule has 1 aromatic heterocycles. The van der Waals surface area contributed by atoms with Gasteiger partial charge < -0.3 is 19.9 Å². The van der Waals surface area contributed by atoms with Crippen molar-refractivity contribution in [1.82, 2.24) is 19.8 Å². The Morgan fingerprint density at radius 3 is 2.74 bits per heavy atom. The number of ether oxygens (including phenoxy) is 1. The van der Waals surface area contributed by atoms with Gasteiger partial charge in [-0.05, 0) is 51.1 Å². The molecule has 4 rings (SSSR count). The number of hydrogen-bond donors (Lipinski definition) is 1. The van der Waals surface area contributed by atoms with Crippen LogP contribution in [0.1, 0.15) is 58.7 Å². The topological polar surface area (TPSA) is 70.6 Å². The number of nitrogens with zero attached hydrogens (tertiary/aromatic N) is 4. The minimum absolute atomic E-state index is 0.0497. The third kappa shape index (κ3) is 4.88. The molecule has 2 aliphatic rings. The summed E-state index contributed by atoms with van der Waals surface area (Å²) < 4.78 is 5.44. The average Bonchev–Trinajstić information content (AvgIpc) is 2.81. The maximum absolute atomic E-state index is 13.1. The fourth-order valence-corrected chi connectivity index (χ4v) is 4.52. The van der Waals surface area contributed by atoms with Crippen molar-refractivity contribution in [2.75, 3.05) is 45.7 Å². The number of fused-ring (bicyclic) bond motifs is 1. The molecule has 0 saturated carbocycles. The van der Waals surface area contributed by atoms with Gasteiger partial charge in [-0.25, -0.2) is 9.97 Å². The molecule has 3 heterocycles. The second-order valence-corrected chi connectivity index (χ2v) is 8.52. The molecule has 0 radical (unpaired) electrons. The molecule has 0 bridgehead atoms. The number of rotatable bonds is 6. The molecule has 1 amide bonds. The first-order valence-electron chi connectivity index (χ1n) is 11.3. The molecular weight excluding hydrogens is 390 g/mol. The van der Waals surface area contributed by atoms with Gasteiger partial charge in [0.25, 0.3) is 5.91 Å². The Bertz CT molecular complexity index is 898. The van der Waals surface area contributed by atoms with Gasteiger partial charge in [-0.1, -0.05) is 12.1 Å². The lowest BCUT2D eigenvalue weighted by Crippen LogP contribution is -2.37. The Labute approximate surface area is 184 Å². The van der Waals surface area contributed by atoms with E-state index in [0.29, 0.717) is 37.8 Å². The Balaban J connectivity index is 1.50. The zero-order valence-electron chi connectivity index (χ0n) is 18.9. The molecule has 1 unspecified atom stereocenters. The number of carbonyl (C=O) groups is 1. The number of hydrogen-bond acceptors (Lipinski definition) is 6. The summed E-state index contributed by atoms with van der Waals surface area (Å²) in [7, 11) is 4.06. The van der Waals surface area contributed by atoms with Crippen molar-refractivity contribution in [3.8, 4) is 0 Å². The van der Waals surface area contributed by atoms with E-state index >= 15 is 0 Å². The van der Waals surface area contributed by atoms with Gasteiger partial charge in [0.05, 0.1) is 18.8 Å². The van der Waals surface area contributed by atoms with Crippen LogP contribution in [0.3, 0.4) is 0 Å².